The van der Waals surface area contributed by atoms with Gasteiger partial charge in [-0.3, -0.25) is 25.1 Å². The summed E-state index contributed by atoms with van der Waals surface area (Å²) in [6.07, 6.45) is 1.23. The van der Waals surface area contributed by atoms with Crippen molar-refractivity contribution >= 4 is 40.5 Å². The predicted octanol–water partition coefficient (Wildman–Crippen LogP) is 2.61. The molecule has 2 aromatic carbocycles. The number of nitro benzene ring substituents is 1. The minimum absolute atomic E-state index is 0.00705. The van der Waals surface area contributed by atoms with E-state index in [0.29, 0.717) is 16.4 Å². The lowest BCUT2D eigenvalue weighted by molar-refractivity contribution is -0.384. The molecular weight excluding hydrogens is 374 g/mol. The molecule has 2 rings (SSSR count). The number of hydrogen-bond donors (Lipinski definition) is 4. The Balaban J connectivity index is 1.95. The number of rotatable bonds is 6. The maximum atomic E-state index is 12.1. The van der Waals surface area contributed by atoms with Crippen molar-refractivity contribution in [3.05, 3.63) is 74.9 Å². The first-order chi connectivity index (χ1) is 12.7. The van der Waals surface area contributed by atoms with E-state index in [1.54, 1.807) is 31.2 Å². The molecule has 2 aromatic rings. The van der Waals surface area contributed by atoms with Crippen LogP contribution in [-0.2, 0) is 4.79 Å². The van der Waals surface area contributed by atoms with Crippen molar-refractivity contribution < 1.29 is 14.5 Å². The van der Waals surface area contributed by atoms with Crippen molar-refractivity contribution in [1.82, 2.24) is 10.9 Å². The summed E-state index contributed by atoms with van der Waals surface area (Å²) in [6, 6.07) is 10.1. The summed E-state index contributed by atoms with van der Waals surface area (Å²) in [6.45, 7) is 1.56. The van der Waals surface area contributed by atoms with Crippen LogP contribution in [0.15, 0.2) is 54.2 Å². The van der Waals surface area contributed by atoms with Crippen molar-refractivity contribution in [1.29, 1.82) is 0 Å². The van der Waals surface area contributed by atoms with Gasteiger partial charge in [-0.1, -0.05) is 11.6 Å². The van der Waals surface area contributed by atoms with Crippen molar-refractivity contribution in [2.24, 2.45) is 0 Å². The zero-order chi connectivity index (χ0) is 20.0. The van der Waals surface area contributed by atoms with E-state index in [2.05, 4.69) is 16.2 Å². The van der Waals surface area contributed by atoms with Crippen LogP contribution < -0.4 is 21.9 Å². The van der Waals surface area contributed by atoms with Gasteiger partial charge >= 0.3 is 0 Å². The normalized spacial score (nSPS) is 10.8. The molecule has 5 N–H and O–H groups in total. The van der Waals surface area contributed by atoms with E-state index in [1.807, 2.05) is 0 Å². The number of halogens is 1. The topological polar surface area (TPSA) is 139 Å². The number of non-ortho nitro benzene ring substituents is 1. The molecule has 27 heavy (non-hydrogen) atoms. The first kappa shape index (κ1) is 19.7. The highest BCUT2D eigenvalue weighted by molar-refractivity contribution is 6.30. The Morgan fingerprint density at radius 1 is 1.15 bits per heavy atom. The Kier molecular flexibility index (Phi) is 6.34. The highest BCUT2D eigenvalue weighted by atomic mass is 35.5. The van der Waals surface area contributed by atoms with Crippen LogP contribution in [0.3, 0.4) is 0 Å². The van der Waals surface area contributed by atoms with Gasteiger partial charge in [0.25, 0.3) is 11.6 Å². The highest BCUT2D eigenvalue weighted by Gasteiger charge is 2.13. The molecule has 140 valence electrons. The third-order valence-corrected chi connectivity index (χ3v) is 3.50. The first-order valence-corrected chi connectivity index (χ1v) is 7.98. The van der Waals surface area contributed by atoms with Gasteiger partial charge in [0.15, 0.2) is 0 Å². The third-order valence-electron chi connectivity index (χ3n) is 3.25. The Labute approximate surface area is 159 Å². The second-order valence-corrected chi connectivity index (χ2v) is 5.91. The standard InChI is InChI=1S/C17H16ClN5O4/c1-10(6-16(24)20-14-4-2-12(18)3-5-14)21-22-17(25)11-7-13(19)9-15(8-11)23(26)27/h2-9,21H,19H2,1H3,(H,20,24)(H,22,25). The van der Waals surface area contributed by atoms with E-state index in [4.69, 9.17) is 17.3 Å². The molecule has 0 aliphatic rings. The van der Waals surface area contributed by atoms with Gasteiger partial charge in [0.05, 0.1) is 4.92 Å². The van der Waals surface area contributed by atoms with Crippen LogP contribution in [0, 0.1) is 10.1 Å². The summed E-state index contributed by atoms with van der Waals surface area (Å²) in [5, 5.41) is 14.0. The monoisotopic (exact) mass is 389 g/mol. The van der Waals surface area contributed by atoms with Gasteiger partial charge in [-0.25, -0.2) is 0 Å². The molecule has 2 amide bonds. The quantitative estimate of drug-likeness (QED) is 0.259. The zero-order valence-electron chi connectivity index (χ0n) is 14.2. The number of nitrogens with one attached hydrogen (secondary N) is 3. The first-order valence-electron chi connectivity index (χ1n) is 7.61. The fourth-order valence-corrected chi connectivity index (χ4v) is 2.17. The Hall–Kier alpha value is -3.59. The maximum Gasteiger partial charge on any atom is 0.272 e. The summed E-state index contributed by atoms with van der Waals surface area (Å²) in [5.74, 6) is -1.06. The molecule has 9 nitrogen and oxygen atoms in total. The Morgan fingerprint density at radius 3 is 2.44 bits per heavy atom. The number of nitrogen functional groups attached to an aromatic ring is 1. The van der Waals surface area contributed by atoms with E-state index in [1.165, 1.54) is 12.1 Å². The van der Waals surface area contributed by atoms with Gasteiger partial charge in [-0.05, 0) is 37.3 Å². The molecule has 0 aromatic heterocycles. The van der Waals surface area contributed by atoms with Gasteiger partial charge < -0.3 is 16.5 Å². The van der Waals surface area contributed by atoms with Crippen LogP contribution in [0.25, 0.3) is 0 Å². The van der Waals surface area contributed by atoms with E-state index < -0.39 is 16.7 Å². The molecule has 0 heterocycles. The molecular formula is C17H16ClN5O4. The van der Waals surface area contributed by atoms with Gasteiger partial charge in [-0.2, -0.15) is 0 Å². The molecule has 0 bridgehead atoms. The summed E-state index contributed by atoms with van der Waals surface area (Å²) in [5.41, 5.74) is 11.1. The molecule has 0 radical (unpaired) electrons. The molecule has 0 unspecified atom stereocenters. The maximum absolute atomic E-state index is 12.1. The van der Waals surface area contributed by atoms with Crippen LogP contribution in [-0.4, -0.2) is 16.7 Å². The van der Waals surface area contributed by atoms with Crippen molar-refractivity contribution in [3.8, 4) is 0 Å². The van der Waals surface area contributed by atoms with E-state index in [9.17, 15) is 19.7 Å². The smallest absolute Gasteiger partial charge is 0.272 e. The summed E-state index contributed by atoms with van der Waals surface area (Å²) in [7, 11) is 0. The van der Waals surface area contributed by atoms with Crippen molar-refractivity contribution in [2.45, 2.75) is 6.92 Å². The Bertz CT molecular complexity index is 912. The average molecular weight is 390 g/mol. The number of carbonyl (C=O) groups is 2. The van der Waals surface area contributed by atoms with Crippen LogP contribution in [0.4, 0.5) is 17.1 Å². The fraction of sp³-hybridized carbons (Fsp3) is 0.0588. The number of nitrogens with two attached hydrogens (primary N) is 1. The number of carbonyl (C=O) groups excluding carboxylic acids is 2. The number of anilines is 2. The largest absolute Gasteiger partial charge is 0.399 e. The SMILES string of the molecule is CC(=CC(=O)Nc1ccc(Cl)cc1)NNC(=O)c1cc(N)cc([N+](=O)[O-])c1. The lowest BCUT2D eigenvalue weighted by Gasteiger charge is -2.09. The number of nitro groups is 1. The average Bonchev–Trinajstić information content (AvgIpc) is 2.61. The summed E-state index contributed by atoms with van der Waals surface area (Å²) >= 11 is 5.77. The predicted molar refractivity (Wildman–Crippen MR) is 102 cm³/mol. The van der Waals surface area contributed by atoms with Crippen LogP contribution in [0.2, 0.25) is 5.02 Å². The molecule has 10 heteroatoms. The molecule has 0 saturated heterocycles. The van der Waals surface area contributed by atoms with Gasteiger partial charge in [-0.15, -0.1) is 0 Å². The summed E-state index contributed by atoms with van der Waals surface area (Å²) in [4.78, 5) is 34.2. The number of amides is 2. The minimum Gasteiger partial charge on any atom is -0.399 e. The molecule has 0 atom stereocenters. The molecule has 0 aliphatic carbocycles. The van der Waals surface area contributed by atoms with E-state index in [0.717, 1.165) is 12.1 Å². The second-order valence-electron chi connectivity index (χ2n) is 5.47. The number of hydrazine groups is 1. The van der Waals surface area contributed by atoms with E-state index >= 15 is 0 Å². The van der Waals surface area contributed by atoms with Crippen LogP contribution >= 0.6 is 11.6 Å². The van der Waals surface area contributed by atoms with Gasteiger partial charge in [0.1, 0.15) is 0 Å². The van der Waals surface area contributed by atoms with Crippen molar-refractivity contribution in [3.63, 3.8) is 0 Å². The zero-order valence-corrected chi connectivity index (χ0v) is 14.9. The number of allylic oxidation sites excluding steroid dienone is 1. The summed E-state index contributed by atoms with van der Waals surface area (Å²) < 4.78 is 0. The van der Waals surface area contributed by atoms with Gasteiger partial charge in [0, 0.05) is 45.9 Å². The Morgan fingerprint density at radius 2 is 1.81 bits per heavy atom. The number of hydrogen-bond acceptors (Lipinski definition) is 6. The van der Waals surface area contributed by atoms with E-state index in [-0.39, 0.29) is 16.9 Å². The fourth-order valence-electron chi connectivity index (χ4n) is 2.04. The molecule has 0 spiro atoms. The minimum atomic E-state index is -0.646. The molecule has 0 fully saturated rings. The lowest BCUT2D eigenvalue weighted by atomic mass is 10.1. The number of benzene rings is 2. The second kappa shape index (κ2) is 8.68. The van der Waals surface area contributed by atoms with Gasteiger partial charge in [0.2, 0.25) is 5.91 Å². The molecule has 0 aliphatic heterocycles. The van der Waals surface area contributed by atoms with Crippen molar-refractivity contribution in [2.75, 3.05) is 11.1 Å². The van der Waals surface area contributed by atoms with Crippen LogP contribution in [0.1, 0.15) is 17.3 Å². The molecule has 0 saturated carbocycles. The lowest BCUT2D eigenvalue weighted by Crippen LogP contribution is -2.36. The number of nitrogens with zero attached hydrogens (tertiary/aromatic N) is 1. The highest BCUT2D eigenvalue weighted by Crippen LogP contribution is 2.18. The third kappa shape index (κ3) is 6.01. The van der Waals surface area contributed by atoms with Crippen LogP contribution in [0.5, 0.6) is 0 Å².